The van der Waals surface area contributed by atoms with E-state index >= 15 is 0 Å². The second-order valence-corrected chi connectivity index (χ2v) is 15.7. The summed E-state index contributed by atoms with van der Waals surface area (Å²) >= 11 is 0. The third kappa shape index (κ3) is 14.4. The largest absolute Gasteiger partial charge is 0.481 e. The molecule has 3 atom stereocenters. The number of allylic oxidation sites excluding steroid dienone is 19. The summed E-state index contributed by atoms with van der Waals surface area (Å²) in [6, 6.07) is 0. The zero-order chi connectivity index (χ0) is 41.7. The van der Waals surface area contributed by atoms with E-state index in [1.807, 2.05) is 141 Å². The molecule has 2 rings (SSSR count). The van der Waals surface area contributed by atoms with Crippen LogP contribution in [0.2, 0.25) is 0 Å². The number of ketones is 3. The van der Waals surface area contributed by atoms with Gasteiger partial charge in [-0.2, -0.15) is 0 Å². The van der Waals surface area contributed by atoms with Gasteiger partial charge in [0.1, 0.15) is 0 Å². The van der Waals surface area contributed by atoms with Crippen molar-refractivity contribution in [1.82, 2.24) is 0 Å². The number of ether oxygens (including phenoxy) is 1. The molecule has 0 aromatic rings. The molecule has 294 valence electrons. The van der Waals surface area contributed by atoms with Crippen LogP contribution in [0.3, 0.4) is 0 Å². The smallest absolute Gasteiger partial charge is 0.332 e. The maximum absolute atomic E-state index is 13.1. The minimum atomic E-state index is -1.55. The third-order valence-electron chi connectivity index (χ3n) is 9.75. The summed E-state index contributed by atoms with van der Waals surface area (Å²) in [6.45, 7) is 19.4. The molecule has 1 fully saturated rings. The molecule has 2 N–H and O–H groups in total. The van der Waals surface area contributed by atoms with Crippen molar-refractivity contribution in [3.05, 3.63) is 130 Å². The Morgan fingerprint density at radius 2 is 1.27 bits per heavy atom. The van der Waals surface area contributed by atoms with E-state index in [1.54, 1.807) is 6.92 Å². The van der Waals surface area contributed by atoms with Crippen molar-refractivity contribution in [2.75, 3.05) is 0 Å². The summed E-state index contributed by atoms with van der Waals surface area (Å²) in [7, 11) is 0. The fourth-order valence-corrected chi connectivity index (χ4v) is 6.61. The first kappa shape index (κ1) is 45.7. The summed E-state index contributed by atoms with van der Waals surface area (Å²) in [5, 5.41) is 18.1. The van der Waals surface area contributed by atoms with Crippen molar-refractivity contribution in [1.29, 1.82) is 0 Å². The van der Waals surface area contributed by atoms with Crippen LogP contribution >= 0.6 is 0 Å². The van der Waals surface area contributed by atoms with Crippen LogP contribution in [0.1, 0.15) is 88.5 Å². The summed E-state index contributed by atoms with van der Waals surface area (Å²) in [6.07, 6.45) is 26.8. The molecule has 3 unspecified atom stereocenters. The zero-order valence-corrected chi connectivity index (χ0v) is 33.8. The Labute approximate surface area is 325 Å². The average Bonchev–Trinajstić information content (AvgIpc) is 3.06. The second kappa shape index (κ2) is 20.3. The number of carbonyl (C=O) groups is 6. The molecule has 9 heteroatoms. The molecule has 0 bridgehead atoms. The highest BCUT2D eigenvalue weighted by molar-refractivity contribution is 6.38. The van der Waals surface area contributed by atoms with Crippen LogP contribution in [-0.4, -0.2) is 51.6 Å². The lowest BCUT2D eigenvalue weighted by atomic mass is 9.63. The van der Waals surface area contributed by atoms with Crippen LogP contribution in [0.4, 0.5) is 0 Å². The van der Waals surface area contributed by atoms with Gasteiger partial charge >= 0.3 is 17.9 Å². The van der Waals surface area contributed by atoms with E-state index in [1.165, 1.54) is 0 Å². The predicted octanol–water partition coefficient (Wildman–Crippen LogP) is 9.09. The summed E-state index contributed by atoms with van der Waals surface area (Å²) in [5.41, 5.74) is 3.91. The van der Waals surface area contributed by atoms with E-state index in [0.717, 1.165) is 27.9 Å². The molecule has 1 saturated carbocycles. The van der Waals surface area contributed by atoms with E-state index in [9.17, 15) is 33.9 Å². The number of hydrogen-bond donors (Lipinski definition) is 2. The molecular formula is C46H56O9. The molecule has 9 nitrogen and oxygen atoms in total. The molecule has 2 aliphatic carbocycles. The Morgan fingerprint density at radius 1 is 0.764 bits per heavy atom. The van der Waals surface area contributed by atoms with E-state index in [-0.39, 0.29) is 41.7 Å². The first-order chi connectivity index (χ1) is 25.5. The van der Waals surface area contributed by atoms with E-state index < -0.39 is 47.2 Å². The van der Waals surface area contributed by atoms with Crippen LogP contribution in [0.5, 0.6) is 0 Å². The van der Waals surface area contributed by atoms with Gasteiger partial charge in [-0.3, -0.25) is 19.2 Å². The predicted molar refractivity (Wildman–Crippen MR) is 216 cm³/mol. The van der Waals surface area contributed by atoms with Crippen LogP contribution in [0.25, 0.3) is 0 Å². The highest BCUT2D eigenvalue weighted by Crippen LogP contribution is 2.42. The maximum Gasteiger partial charge on any atom is 0.332 e. The number of hydrogen-bond acceptors (Lipinski definition) is 7. The van der Waals surface area contributed by atoms with Gasteiger partial charge in [0.2, 0.25) is 5.78 Å². The highest BCUT2D eigenvalue weighted by Gasteiger charge is 2.44. The number of Topliss-reactive ketones (excluding diaryl/α,β-unsaturated/α-hetero) is 3. The number of rotatable bonds is 15. The lowest BCUT2D eigenvalue weighted by molar-refractivity contribution is -0.151. The van der Waals surface area contributed by atoms with Crippen molar-refractivity contribution in [2.24, 2.45) is 22.7 Å². The van der Waals surface area contributed by atoms with Gasteiger partial charge in [0, 0.05) is 24.8 Å². The fraction of sp³-hybridized carbons (Fsp3) is 0.391. The van der Waals surface area contributed by atoms with Crippen LogP contribution in [0, 0.1) is 22.7 Å². The van der Waals surface area contributed by atoms with Crippen molar-refractivity contribution < 1.29 is 43.7 Å². The van der Waals surface area contributed by atoms with E-state index in [2.05, 4.69) is 6.08 Å². The van der Waals surface area contributed by atoms with Gasteiger partial charge in [0.05, 0.1) is 12.0 Å². The van der Waals surface area contributed by atoms with Crippen molar-refractivity contribution in [3.8, 4) is 0 Å². The Bertz CT molecular complexity index is 1890. The van der Waals surface area contributed by atoms with Gasteiger partial charge < -0.3 is 14.9 Å². The molecule has 55 heavy (non-hydrogen) atoms. The SMILES string of the molecule is CC1=C(C=C/C(C)=C/C=C/C(C)=C/C=C/C=C(C)/C=C/C=C(\C)C=CC2C(C)C(=O)C(=O)CC2(C)C)C(C)(C)CC(OC(=O)C=C(CC(=O)O)C(=O)O)C1=O. The highest BCUT2D eigenvalue weighted by atomic mass is 16.5. The number of carboxylic acid groups (broad SMARTS) is 2. The number of aliphatic carboxylic acids is 2. The minimum Gasteiger partial charge on any atom is -0.481 e. The van der Waals surface area contributed by atoms with Crippen molar-refractivity contribution in [3.63, 3.8) is 0 Å². The first-order valence-electron chi connectivity index (χ1n) is 18.3. The first-order valence-corrected chi connectivity index (χ1v) is 18.3. The van der Waals surface area contributed by atoms with Gasteiger partial charge in [-0.15, -0.1) is 0 Å². The molecular weight excluding hydrogens is 696 g/mol. The molecule has 0 aromatic carbocycles. The minimum absolute atomic E-state index is 0.0116. The van der Waals surface area contributed by atoms with Gasteiger partial charge in [-0.25, -0.2) is 9.59 Å². The third-order valence-corrected chi connectivity index (χ3v) is 9.75. The summed E-state index contributed by atoms with van der Waals surface area (Å²) in [5.74, 6) is -5.27. The Kier molecular flexibility index (Phi) is 16.9. The zero-order valence-electron chi connectivity index (χ0n) is 33.8. The molecule has 0 aliphatic heterocycles. The van der Waals surface area contributed by atoms with Crippen LogP contribution < -0.4 is 0 Å². The lowest BCUT2D eigenvalue weighted by Gasteiger charge is -2.39. The van der Waals surface area contributed by atoms with Gasteiger partial charge in [0.15, 0.2) is 17.7 Å². The molecule has 0 heterocycles. The maximum atomic E-state index is 13.1. The number of carboxylic acids is 2. The monoisotopic (exact) mass is 752 g/mol. The number of carbonyl (C=O) groups excluding carboxylic acids is 4. The summed E-state index contributed by atoms with van der Waals surface area (Å²) < 4.78 is 5.29. The Balaban J connectivity index is 1.99. The van der Waals surface area contributed by atoms with E-state index in [4.69, 9.17) is 9.84 Å². The van der Waals surface area contributed by atoms with Gasteiger partial charge in [-0.1, -0.05) is 142 Å². The Hall–Kier alpha value is -5.44. The molecule has 0 saturated heterocycles. The molecule has 0 aromatic heterocycles. The topological polar surface area (TPSA) is 152 Å². The average molecular weight is 753 g/mol. The Morgan fingerprint density at radius 3 is 1.80 bits per heavy atom. The molecule has 0 amide bonds. The lowest BCUT2D eigenvalue weighted by Crippen LogP contribution is -2.43. The molecule has 0 radical (unpaired) electrons. The van der Waals surface area contributed by atoms with Crippen molar-refractivity contribution in [2.45, 2.75) is 94.6 Å². The second-order valence-electron chi connectivity index (χ2n) is 15.7. The van der Waals surface area contributed by atoms with Gasteiger partial charge in [-0.05, 0) is 62.5 Å². The fourth-order valence-electron chi connectivity index (χ4n) is 6.61. The molecule has 2 aliphatic rings. The van der Waals surface area contributed by atoms with Crippen LogP contribution in [0.15, 0.2) is 130 Å². The van der Waals surface area contributed by atoms with Crippen molar-refractivity contribution >= 4 is 35.3 Å². The standard InChI is InChI=1S/C46H56O9/c1-29(17-13-19-31(3)21-23-36-33(5)42(51)38(47)27-45(36,7)8)15-11-12-16-30(2)18-14-20-32(4)22-24-37-34(6)43(52)39(28-46(37,9)10)55-41(50)26-35(44(53)54)25-40(48)49/h11-24,26,33,36,39H,25,27-28H2,1-10H3,(H,48,49)(H,53,54)/b12-11+,17-13+,18-14+,23-21?,24-22?,29-15+,30-16+,31-19+,32-20+,35-26?. The number of esters is 1. The quantitative estimate of drug-likeness (QED) is 0.0722. The molecule has 0 spiro atoms. The summed E-state index contributed by atoms with van der Waals surface area (Å²) in [4.78, 5) is 71.9. The van der Waals surface area contributed by atoms with Crippen LogP contribution in [-0.2, 0) is 33.5 Å². The van der Waals surface area contributed by atoms with Gasteiger partial charge in [0.25, 0.3) is 0 Å². The normalized spacial score (nSPS) is 23.3. The van der Waals surface area contributed by atoms with E-state index in [0.29, 0.717) is 11.6 Å².